The molecule has 122 valence electrons. The number of fused-ring (bicyclic) bond motifs is 1. The van der Waals surface area contributed by atoms with Crippen LogP contribution in [-0.2, 0) is 0 Å². The molecule has 2 aliphatic carbocycles. The molecule has 1 aliphatic heterocycles. The minimum atomic E-state index is 0.555. The Morgan fingerprint density at radius 2 is 1.81 bits per heavy atom. The first-order valence-electron chi connectivity index (χ1n) is 9.50. The topological polar surface area (TPSA) is 15.3 Å². The van der Waals surface area contributed by atoms with Gasteiger partial charge >= 0.3 is 0 Å². The third-order valence-corrected chi connectivity index (χ3v) is 6.71. The van der Waals surface area contributed by atoms with E-state index < -0.39 is 0 Å². The van der Waals surface area contributed by atoms with Crippen LogP contribution in [0.1, 0.15) is 71.6 Å². The third kappa shape index (κ3) is 3.64. The van der Waals surface area contributed by atoms with Crippen molar-refractivity contribution in [3.05, 3.63) is 0 Å². The van der Waals surface area contributed by atoms with Gasteiger partial charge in [0, 0.05) is 18.6 Å². The molecule has 1 heterocycles. The summed E-state index contributed by atoms with van der Waals surface area (Å²) in [4.78, 5) is 2.91. The van der Waals surface area contributed by atoms with E-state index >= 15 is 0 Å². The largest absolute Gasteiger partial charge is 0.317 e. The highest BCUT2D eigenvalue weighted by Gasteiger charge is 2.38. The van der Waals surface area contributed by atoms with Crippen molar-refractivity contribution >= 4 is 0 Å². The standard InChI is InChI=1S/C19H36N2/c1-19(2)11-10-17(20-3)16(13-19)14-21-12-6-8-15-7-4-5-9-18(15)21/h15-18,20H,4-14H2,1-3H3/t15-,16?,17?,18-/m1/s1. The van der Waals surface area contributed by atoms with E-state index in [9.17, 15) is 0 Å². The lowest BCUT2D eigenvalue weighted by atomic mass is 9.69. The van der Waals surface area contributed by atoms with Crippen LogP contribution >= 0.6 is 0 Å². The molecular formula is C19H36N2. The highest BCUT2D eigenvalue weighted by molar-refractivity contribution is 4.93. The van der Waals surface area contributed by atoms with Gasteiger partial charge in [0.1, 0.15) is 0 Å². The molecule has 0 bridgehead atoms. The predicted octanol–water partition coefficient (Wildman–Crippen LogP) is 4.06. The van der Waals surface area contributed by atoms with Crippen LogP contribution in [0.3, 0.4) is 0 Å². The second-order valence-electron chi connectivity index (χ2n) is 8.81. The van der Waals surface area contributed by atoms with Crippen LogP contribution in [0.15, 0.2) is 0 Å². The summed E-state index contributed by atoms with van der Waals surface area (Å²) in [6.07, 6.45) is 13.1. The fourth-order valence-electron chi connectivity index (χ4n) is 5.56. The molecule has 2 heteroatoms. The van der Waals surface area contributed by atoms with Gasteiger partial charge in [-0.1, -0.05) is 26.7 Å². The highest BCUT2D eigenvalue weighted by Crippen LogP contribution is 2.41. The van der Waals surface area contributed by atoms with Crippen molar-refractivity contribution in [2.45, 2.75) is 83.7 Å². The van der Waals surface area contributed by atoms with Crippen molar-refractivity contribution in [3.8, 4) is 0 Å². The lowest BCUT2D eigenvalue weighted by Gasteiger charge is -2.48. The number of nitrogens with one attached hydrogen (secondary N) is 1. The quantitative estimate of drug-likeness (QED) is 0.844. The molecule has 1 N–H and O–H groups in total. The molecule has 0 aromatic carbocycles. The number of likely N-dealkylation sites (tertiary alicyclic amines) is 1. The SMILES string of the molecule is CNC1CCC(C)(C)CC1CN1CCC[C@H]2CCCC[C@H]21. The van der Waals surface area contributed by atoms with Crippen molar-refractivity contribution in [2.24, 2.45) is 17.3 Å². The van der Waals surface area contributed by atoms with E-state index in [1.165, 1.54) is 70.9 Å². The van der Waals surface area contributed by atoms with Gasteiger partial charge in [-0.15, -0.1) is 0 Å². The fraction of sp³-hybridized carbons (Fsp3) is 1.00. The van der Waals surface area contributed by atoms with Gasteiger partial charge in [-0.25, -0.2) is 0 Å². The summed E-state index contributed by atoms with van der Waals surface area (Å²) >= 11 is 0. The van der Waals surface area contributed by atoms with E-state index in [1.807, 2.05) is 0 Å². The Bertz CT molecular complexity index is 336. The molecule has 0 aromatic rings. The lowest BCUT2D eigenvalue weighted by molar-refractivity contribution is 0.0235. The zero-order valence-electron chi connectivity index (χ0n) is 14.5. The molecule has 3 fully saturated rings. The maximum atomic E-state index is 3.63. The Kier molecular flexibility index (Phi) is 4.95. The van der Waals surface area contributed by atoms with Crippen molar-refractivity contribution in [3.63, 3.8) is 0 Å². The maximum absolute atomic E-state index is 3.63. The van der Waals surface area contributed by atoms with E-state index in [-0.39, 0.29) is 0 Å². The monoisotopic (exact) mass is 292 g/mol. The molecule has 2 saturated carbocycles. The maximum Gasteiger partial charge on any atom is 0.0124 e. The van der Waals surface area contributed by atoms with Gasteiger partial charge in [0.25, 0.3) is 0 Å². The van der Waals surface area contributed by atoms with Gasteiger partial charge in [0.15, 0.2) is 0 Å². The molecule has 3 rings (SSSR count). The second kappa shape index (κ2) is 6.58. The van der Waals surface area contributed by atoms with Gasteiger partial charge < -0.3 is 5.32 Å². The number of rotatable bonds is 3. The summed E-state index contributed by atoms with van der Waals surface area (Å²) in [5.41, 5.74) is 0.555. The van der Waals surface area contributed by atoms with Gasteiger partial charge in [-0.05, 0) is 75.8 Å². The average molecular weight is 293 g/mol. The zero-order valence-corrected chi connectivity index (χ0v) is 14.5. The summed E-state index contributed by atoms with van der Waals surface area (Å²) in [5, 5.41) is 3.63. The molecule has 0 radical (unpaired) electrons. The van der Waals surface area contributed by atoms with E-state index in [0.717, 1.165) is 23.9 Å². The van der Waals surface area contributed by atoms with Crippen LogP contribution < -0.4 is 5.32 Å². The van der Waals surface area contributed by atoms with Crippen molar-refractivity contribution in [1.82, 2.24) is 10.2 Å². The van der Waals surface area contributed by atoms with E-state index in [1.54, 1.807) is 0 Å². The normalized spacial score (nSPS) is 40.7. The Balaban J connectivity index is 1.65. The summed E-state index contributed by atoms with van der Waals surface area (Å²) in [6, 6.07) is 1.68. The van der Waals surface area contributed by atoms with Crippen LogP contribution in [0, 0.1) is 17.3 Å². The molecule has 0 aromatic heterocycles. The van der Waals surface area contributed by atoms with Crippen LogP contribution in [0.25, 0.3) is 0 Å². The molecule has 0 spiro atoms. The van der Waals surface area contributed by atoms with Crippen molar-refractivity contribution in [1.29, 1.82) is 0 Å². The van der Waals surface area contributed by atoms with Gasteiger partial charge in [0.05, 0.1) is 0 Å². The smallest absolute Gasteiger partial charge is 0.0124 e. The van der Waals surface area contributed by atoms with Crippen LogP contribution in [0.5, 0.6) is 0 Å². The lowest BCUT2D eigenvalue weighted by Crippen LogP contribution is -2.52. The molecule has 1 saturated heterocycles. The Morgan fingerprint density at radius 1 is 1.05 bits per heavy atom. The molecule has 0 amide bonds. The molecule has 2 unspecified atom stereocenters. The van der Waals surface area contributed by atoms with Crippen molar-refractivity contribution < 1.29 is 0 Å². The van der Waals surface area contributed by atoms with Gasteiger partial charge in [-0.3, -0.25) is 4.90 Å². The van der Waals surface area contributed by atoms with Crippen LogP contribution in [0.4, 0.5) is 0 Å². The minimum absolute atomic E-state index is 0.555. The first-order valence-corrected chi connectivity index (χ1v) is 9.50. The first kappa shape index (κ1) is 15.8. The summed E-state index contributed by atoms with van der Waals surface area (Å²) in [7, 11) is 2.18. The van der Waals surface area contributed by atoms with Crippen LogP contribution in [-0.4, -0.2) is 37.1 Å². The Morgan fingerprint density at radius 3 is 2.62 bits per heavy atom. The van der Waals surface area contributed by atoms with E-state index in [0.29, 0.717) is 5.41 Å². The zero-order chi connectivity index (χ0) is 14.9. The number of hydrogen-bond donors (Lipinski definition) is 1. The number of piperidine rings is 1. The summed E-state index contributed by atoms with van der Waals surface area (Å²) < 4.78 is 0. The molecule has 3 aliphatic rings. The fourth-order valence-corrected chi connectivity index (χ4v) is 5.56. The molecule has 2 nitrogen and oxygen atoms in total. The molecular weight excluding hydrogens is 256 g/mol. The Labute approximate surface area is 132 Å². The Hall–Kier alpha value is -0.0800. The first-order chi connectivity index (χ1) is 10.1. The van der Waals surface area contributed by atoms with Crippen LogP contribution in [0.2, 0.25) is 0 Å². The van der Waals surface area contributed by atoms with E-state index in [2.05, 4.69) is 31.1 Å². The van der Waals surface area contributed by atoms with E-state index in [4.69, 9.17) is 0 Å². The van der Waals surface area contributed by atoms with Gasteiger partial charge in [-0.2, -0.15) is 0 Å². The van der Waals surface area contributed by atoms with Crippen molar-refractivity contribution in [2.75, 3.05) is 20.1 Å². The summed E-state index contributed by atoms with van der Waals surface area (Å²) in [6.45, 7) is 7.68. The molecule has 21 heavy (non-hydrogen) atoms. The predicted molar refractivity (Wildman–Crippen MR) is 90.5 cm³/mol. The average Bonchev–Trinajstić information content (AvgIpc) is 2.47. The highest BCUT2D eigenvalue weighted by atomic mass is 15.2. The third-order valence-electron chi connectivity index (χ3n) is 6.71. The second-order valence-corrected chi connectivity index (χ2v) is 8.81. The van der Waals surface area contributed by atoms with Gasteiger partial charge in [0.2, 0.25) is 0 Å². The summed E-state index contributed by atoms with van der Waals surface area (Å²) in [5.74, 6) is 1.89. The minimum Gasteiger partial charge on any atom is -0.317 e. The molecule has 4 atom stereocenters. The number of hydrogen-bond acceptors (Lipinski definition) is 2. The number of nitrogens with zero attached hydrogens (tertiary/aromatic N) is 1.